The van der Waals surface area contributed by atoms with Crippen LogP contribution in [0.4, 0.5) is 5.69 Å². The number of thiocarbonyl (C=S) groups is 1. The van der Waals surface area contributed by atoms with Crippen LogP contribution in [0.3, 0.4) is 0 Å². The number of hydrogen-bond donors (Lipinski definition) is 3. The third kappa shape index (κ3) is 9.55. The zero-order chi connectivity index (χ0) is 25.6. The molecule has 1 saturated heterocycles. The van der Waals surface area contributed by atoms with Crippen molar-refractivity contribution in [1.82, 2.24) is 24.7 Å². The van der Waals surface area contributed by atoms with Gasteiger partial charge in [-0.2, -0.15) is 0 Å². The van der Waals surface area contributed by atoms with Crippen LogP contribution in [-0.2, 0) is 11.3 Å². The summed E-state index contributed by atoms with van der Waals surface area (Å²) in [6.45, 7) is 12.3. The summed E-state index contributed by atoms with van der Waals surface area (Å²) in [4.78, 5) is 9.01. The molecule has 3 rings (SSSR count). The molecule has 0 aliphatic carbocycles. The normalized spacial score (nSPS) is 14.5. The number of methoxy groups -OCH3 is 1. The van der Waals surface area contributed by atoms with Crippen molar-refractivity contribution < 1.29 is 14.2 Å². The number of aromatic nitrogens is 2. The lowest BCUT2D eigenvalue weighted by molar-refractivity contribution is 0.0739. The van der Waals surface area contributed by atoms with E-state index in [9.17, 15) is 0 Å². The van der Waals surface area contributed by atoms with Gasteiger partial charge in [-0.15, -0.1) is 0 Å². The Hall–Kier alpha value is -2.44. The highest BCUT2D eigenvalue weighted by molar-refractivity contribution is 7.80. The smallest absolute Gasteiger partial charge is 0.170 e. The average molecular weight is 520 g/mol. The molecule has 1 aromatic heterocycles. The molecule has 1 aliphatic heterocycles. The number of anilines is 1. The average Bonchev–Trinajstić information content (AvgIpc) is 3.30. The number of nitrogens with one attached hydrogen (secondary N) is 2. The van der Waals surface area contributed by atoms with Gasteiger partial charge in [0.25, 0.3) is 0 Å². The number of rotatable bonds is 15. The molecule has 11 heteroatoms. The van der Waals surface area contributed by atoms with Crippen LogP contribution >= 0.6 is 12.2 Å². The Morgan fingerprint density at radius 2 is 1.81 bits per heavy atom. The molecule has 0 spiro atoms. The van der Waals surface area contributed by atoms with E-state index in [2.05, 4.69) is 36.9 Å². The zero-order valence-corrected chi connectivity index (χ0v) is 22.4. The Bertz CT molecular complexity index is 919. The zero-order valence-electron chi connectivity index (χ0n) is 21.6. The van der Waals surface area contributed by atoms with E-state index in [0.717, 1.165) is 82.5 Å². The maximum Gasteiger partial charge on any atom is 0.170 e. The minimum absolute atomic E-state index is 0.580. The molecule has 1 fully saturated rings. The van der Waals surface area contributed by atoms with Gasteiger partial charge in [0.15, 0.2) is 16.6 Å². The summed E-state index contributed by atoms with van der Waals surface area (Å²) >= 11 is 5.44. The number of aryl methyl sites for hydroxylation is 2. The quantitative estimate of drug-likeness (QED) is 0.237. The summed E-state index contributed by atoms with van der Waals surface area (Å²) in [6.07, 6.45) is 4.67. The van der Waals surface area contributed by atoms with E-state index in [1.165, 1.54) is 0 Å². The van der Waals surface area contributed by atoms with E-state index < -0.39 is 0 Å². The molecular formula is C25H41N7O3S. The number of nitrogens with zero attached hydrogens (tertiary/aromatic N) is 4. The molecule has 1 aromatic carbocycles. The summed E-state index contributed by atoms with van der Waals surface area (Å²) in [5, 5.41) is 7.05. The number of ether oxygens (including phenoxy) is 3. The summed E-state index contributed by atoms with van der Waals surface area (Å²) in [6, 6.07) is 5.78. The first-order valence-electron chi connectivity index (χ1n) is 12.6. The molecule has 1 aliphatic rings. The molecule has 200 valence electrons. The fourth-order valence-electron chi connectivity index (χ4n) is 4.01. The van der Waals surface area contributed by atoms with Gasteiger partial charge < -0.3 is 35.1 Å². The van der Waals surface area contributed by atoms with Gasteiger partial charge in [-0.25, -0.2) is 4.98 Å². The summed E-state index contributed by atoms with van der Waals surface area (Å²) in [7, 11) is 1.65. The standard InChI is InChI=1S/C25H41N7O3S/c1-21-19-27-20-32(21)8-3-7-28-25(36)29-22-4-5-23(24(18-22)33-2)35-17-14-31-11-9-30(10-12-31)13-16-34-15-6-26/h4-5,18-20H,3,6-17,26H2,1-2H3,(H2,28,29,36). The highest BCUT2D eigenvalue weighted by atomic mass is 32.1. The second kappa shape index (κ2) is 15.6. The minimum Gasteiger partial charge on any atom is -0.493 e. The van der Waals surface area contributed by atoms with E-state index in [0.29, 0.717) is 30.6 Å². The van der Waals surface area contributed by atoms with Crippen LogP contribution in [0.25, 0.3) is 0 Å². The van der Waals surface area contributed by atoms with Crippen LogP contribution in [0.5, 0.6) is 11.5 Å². The van der Waals surface area contributed by atoms with Gasteiger partial charge in [0, 0.05) is 82.5 Å². The van der Waals surface area contributed by atoms with E-state index in [4.69, 9.17) is 32.2 Å². The van der Waals surface area contributed by atoms with Crippen molar-refractivity contribution >= 4 is 23.0 Å². The maximum atomic E-state index is 6.04. The number of nitrogens with two attached hydrogens (primary N) is 1. The predicted octanol–water partition coefficient (Wildman–Crippen LogP) is 1.55. The van der Waals surface area contributed by atoms with Crippen molar-refractivity contribution in [2.24, 2.45) is 5.73 Å². The van der Waals surface area contributed by atoms with Gasteiger partial charge in [-0.3, -0.25) is 9.80 Å². The van der Waals surface area contributed by atoms with Crippen molar-refractivity contribution in [3.63, 3.8) is 0 Å². The van der Waals surface area contributed by atoms with Crippen molar-refractivity contribution in [1.29, 1.82) is 0 Å². The number of hydrogen-bond acceptors (Lipinski definition) is 8. The van der Waals surface area contributed by atoms with Crippen molar-refractivity contribution in [3.8, 4) is 11.5 Å². The first-order valence-corrected chi connectivity index (χ1v) is 13.0. The van der Waals surface area contributed by atoms with Crippen LogP contribution in [-0.4, -0.2) is 104 Å². The van der Waals surface area contributed by atoms with Crippen LogP contribution in [0, 0.1) is 6.92 Å². The fourth-order valence-corrected chi connectivity index (χ4v) is 4.23. The highest BCUT2D eigenvalue weighted by Gasteiger charge is 2.16. The van der Waals surface area contributed by atoms with Gasteiger partial charge >= 0.3 is 0 Å². The molecule has 0 saturated carbocycles. The highest BCUT2D eigenvalue weighted by Crippen LogP contribution is 2.30. The van der Waals surface area contributed by atoms with Gasteiger partial charge in [-0.1, -0.05) is 0 Å². The molecule has 0 atom stereocenters. The fraction of sp³-hybridized carbons (Fsp3) is 0.600. The summed E-state index contributed by atoms with van der Waals surface area (Å²) in [5.41, 5.74) is 7.47. The number of benzene rings is 1. The van der Waals surface area contributed by atoms with Gasteiger partial charge in [-0.05, 0) is 37.7 Å². The van der Waals surface area contributed by atoms with Crippen molar-refractivity contribution in [2.45, 2.75) is 19.9 Å². The Morgan fingerprint density at radius 3 is 2.47 bits per heavy atom. The predicted molar refractivity (Wildman–Crippen MR) is 147 cm³/mol. The van der Waals surface area contributed by atoms with Crippen molar-refractivity contribution in [2.75, 3.05) is 84.6 Å². The van der Waals surface area contributed by atoms with E-state index in [1.54, 1.807) is 7.11 Å². The second-order valence-electron chi connectivity index (χ2n) is 8.76. The molecular weight excluding hydrogens is 478 g/mol. The van der Waals surface area contributed by atoms with Crippen molar-refractivity contribution in [3.05, 3.63) is 36.4 Å². The molecule has 10 nitrogen and oxygen atoms in total. The van der Waals surface area contributed by atoms with Crippen LogP contribution in [0.2, 0.25) is 0 Å². The topological polar surface area (TPSA) is 102 Å². The molecule has 0 bridgehead atoms. The lowest BCUT2D eigenvalue weighted by atomic mass is 10.2. The van der Waals surface area contributed by atoms with Crippen LogP contribution < -0.4 is 25.8 Å². The molecule has 0 radical (unpaired) electrons. The third-order valence-corrected chi connectivity index (χ3v) is 6.39. The Morgan fingerprint density at radius 1 is 1.06 bits per heavy atom. The second-order valence-corrected chi connectivity index (χ2v) is 9.17. The molecule has 36 heavy (non-hydrogen) atoms. The van der Waals surface area contributed by atoms with Crippen LogP contribution in [0.15, 0.2) is 30.7 Å². The largest absolute Gasteiger partial charge is 0.493 e. The maximum absolute atomic E-state index is 6.04. The molecule has 0 amide bonds. The number of imidazole rings is 1. The first-order chi connectivity index (χ1) is 17.6. The first kappa shape index (κ1) is 28.1. The third-order valence-electron chi connectivity index (χ3n) is 6.15. The van der Waals surface area contributed by atoms with E-state index in [-0.39, 0.29) is 0 Å². The SMILES string of the molecule is COc1cc(NC(=S)NCCCn2cncc2C)ccc1OCCN1CCN(CCOCCN)CC1. The molecule has 2 heterocycles. The molecule has 4 N–H and O–H groups in total. The summed E-state index contributed by atoms with van der Waals surface area (Å²) < 4.78 is 19.2. The van der Waals surface area contributed by atoms with Crippen LogP contribution in [0.1, 0.15) is 12.1 Å². The van der Waals surface area contributed by atoms with E-state index >= 15 is 0 Å². The van der Waals surface area contributed by atoms with Gasteiger partial charge in [0.2, 0.25) is 0 Å². The summed E-state index contributed by atoms with van der Waals surface area (Å²) in [5.74, 6) is 1.41. The Balaban J connectivity index is 1.33. The Labute approximate surface area is 220 Å². The minimum atomic E-state index is 0.580. The Kier molecular flexibility index (Phi) is 12.2. The monoisotopic (exact) mass is 519 g/mol. The molecule has 2 aromatic rings. The lowest BCUT2D eigenvalue weighted by Crippen LogP contribution is -2.48. The van der Waals surface area contributed by atoms with Gasteiger partial charge in [0.1, 0.15) is 6.61 Å². The van der Waals surface area contributed by atoms with E-state index in [1.807, 2.05) is 30.7 Å². The molecule has 0 unspecified atom stereocenters. The lowest BCUT2D eigenvalue weighted by Gasteiger charge is -2.34. The number of piperazine rings is 1. The van der Waals surface area contributed by atoms with Gasteiger partial charge in [0.05, 0.1) is 26.7 Å².